The fourth-order valence-electron chi connectivity index (χ4n) is 2.50. The maximum atomic E-state index is 14.2. The standard InChI is InChI=1S/C17H23FN4O3/c1-10(2)16(19)17(25)20-9-14(23)21-11-5-6-13(12(18)8-11)22-7-3-4-15(22)24/h5-6,8,10,16H,3-4,7,9,19H2,1-2H3,(H,20,25)(H,21,23)/t16-/m0/s1. The fourth-order valence-corrected chi connectivity index (χ4v) is 2.50. The van der Waals surface area contributed by atoms with E-state index in [-0.39, 0.29) is 29.7 Å². The molecule has 0 radical (unpaired) electrons. The first-order valence-electron chi connectivity index (χ1n) is 8.22. The molecular weight excluding hydrogens is 327 g/mol. The van der Waals surface area contributed by atoms with Crippen LogP contribution in [0.25, 0.3) is 0 Å². The van der Waals surface area contributed by atoms with Crippen molar-refractivity contribution in [2.75, 3.05) is 23.3 Å². The van der Waals surface area contributed by atoms with E-state index in [1.165, 1.54) is 17.0 Å². The highest BCUT2D eigenvalue weighted by molar-refractivity contribution is 5.97. The lowest BCUT2D eigenvalue weighted by Gasteiger charge is -2.17. The number of benzene rings is 1. The lowest BCUT2D eigenvalue weighted by atomic mass is 10.1. The third-order valence-electron chi connectivity index (χ3n) is 4.04. The molecule has 1 saturated heterocycles. The molecule has 1 fully saturated rings. The Morgan fingerprint density at radius 3 is 2.64 bits per heavy atom. The summed E-state index contributed by atoms with van der Waals surface area (Å²) in [4.78, 5) is 36.6. The van der Waals surface area contributed by atoms with Gasteiger partial charge in [0.1, 0.15) is 5.82 Å². The summed E-state index contributed by atoms with van der Waals surface area (Å²) in [5.41, 5.74) is 6.14. The molecule has 1 aromatic rings. The molecule has 0 saturated carbocycles. The number of nitrogens with two attached hydrogens (primary N) is 1. The third kappa shape index (κ3) is 4.76. The minimum absolute atomic E-state index is 0.0435. The van der Waals surface area contributed by atoms with E-state index < -0.39 is 23.7 Å². The normalized spacial score (nSPS) is 15.4. The molecule has 0 aromatic heterocycles. The summed E-state index contributed by atoms with van der Waals surface area (Å²) in [5, 5.41) is 4.94. The second kappa shape index (κ2) is 8.06. The van der Waals surface area contributed by atoms with Crippen LogP contribution in [0.15, 0.2) is 18.2 Å². The van der Waals surface area contributed by atoms with Gasteiger partial charge in [-0.2, -0.15) is 0 Å². The summed E-state index contributed by atoms with van der Waals surface area (Å²) >= 11 is 0. The van der Waals surface area contributed by atoms with Crippen molar-refractivity contribution >= 4 is 29.1 Å². The quantitative estimate of drug-likeness (QED) is 0.711. The molecule has 0 unspecified atom stereocenters. The van der Waals surface area contributed by atoms with E-state index in [2.05, 4.69) is 10.6 Å². The number of rotatable bonds is 6. The van der Waals surface area contributed by atoms with Crippen molar-refractivity contribution < 1.29 is 18.8 Å². The Morgan fingerprint density at radius 2 is 2.08 bits per heavy atom. The molecular formula is C17H23FN4O3. The molecule has 0 bridgehead atoms. The molecule has 1 aliphatic heterocycles. The van der Waals surface area contributed by atoms with Crippen LogP contribution in [0.5, 0.6) is 0 Å². The Labute approximate surface area is 145 Å². The van der Waals surface area contributed by atoms with Gasteiger partial charge in [0.25, 0.3) is 0 Å². The van der Waals surface area contributed by atoms with Gasteiger partial charge in [0, 0.05) is 18.7 Å². The van der Waals surface area contributed by atoms with E-state index in [9.17, 15) is 18.8 Å². The summed E-state index contributed by atoms with van der Waals surface area (Å²) in [6, 6.07) is 3.44. The first-order valence-corrected chi connectivity index (χ1v) is 8.22. The van der Waals surface area contributed by atoms with Gasteiger partial charge in [-0.25, -0.2) is 4.39 Å². The van der Waals surface area contributed by atoms with E-state index in [0.29, 0.717) is 19.4 Å². The summed E-state index contributed by atoms with van der Waals surface area (Å²) in [6.45, 7) is 3.84. The number of nitrogens with one attached hydrogen (secondary N) is 2. The Hall–Kier alpha value is -2.48. The zero-order valence-electron chi connectivity index (χ0n) is 14.3. The van der Waals surface area contributed by atoms with Crippen LogP contribution in [0.3, 0.4) is 0 Å². The molecule has 1 aliphatic rings. The van der Waals surface area contributed by atoms with Crippen molar-refractivity contribution in [2.24, 2.45) is 11.7 Å². The molecule has 1 atom stereocenters. The Bertz CT molecular complexity index is 678. The van der Waals surface area contributed by atoms with Gasteiger partial charge in [0.15, 0.2) is 0 Å². The van der Waals surface area contributed by atoms with Gasteiger partial charge in [0.2, 0.25) is 17.7 Å². The molecule has 3 amide bonds. The molecule has 8 heteroatoms. The molecule has 0 aliphatic carbocycles. The van der Waals surface area contributed by atoms with Crippen molar-refractivity contribution in [3.05, 3.63) is 24.0 Å². The second-order valence-electron chi connectivity index (χ2n) is 6.35. The zero-order valence-corrected chi connectivity index (χ0v) is 14.3. The molecule has 2 rings (SSSR count). The summed E-state index contributed by atoms with van der Waals surface area (Å²) in [7, 11) is 0. The number of amides is 3. The molecule has 4 N–H and O–H groups in total. The second-order valence-corrected chi connectivity index (χ2v) is 6.35. The minimum Gasteiger partial charge on any atom is -0.346 e. The van der Waals surface area contributed by atoms with E-state index in [1.807, 2.05) is 0 Å². The number of hydrogen-bond acceptors (Lipinski definition) is 4. The maximum Gasteiger partial charge on any atom is 0.243 e. The van der Waals surface area contributed by atoms with Crippen LogP contribution in [0.2, 0.25) is 0 Å². The van der Waals surface area contributed by atoms with E-state index >= 15 is 0 Å². The fraction of sp³-hybridized carbons (Fsp3) is 0.471. The molecule has 1 aromatic carbocycles. The van der Waals surface area contributed by atoms with Crippen LogP contribution in [-0.4, -0.2) is 36.9 Å². The zero-order chi connectivity index (χ0) is 18.6. The number of hydrogen-bond donors (Lipinski definition) is 3. The lowest BCUT2D eigenvalue weighted by molar-refractivity contribution is -0.125. The number of carbonyl (C=O) groups excluding carboxylic acids is 3. The van der Waals surface area contributed by atoms with Crippen LogP contribution in [0.4, 0.5) is 15.8 Å². The van der Waals surface area contributed by atoms with Crippen LogP contribution in [-0.2, 0) is 14.4 Å². The summed E-state index contributed by atoms with van der Waals surface area (Å²) in [6.07, 6.45) is 1.12. The van der Waals surface area contributed by atoms with Gasteiger partial charge in [-0.05, 0) is 30.5 Å². The van der Waals surface area contributed by atoms with Gasteiger partial charge in [-0.1, -0.05) is 13.8 Å². The average molecular weight is 350 g/mol. The maximum absolute atomic E-state index is 14.2. The topological polar surface area (TPSA) is 105 Å². The number of nitrogens with zero attached hydrogens (tertiary/aromatic N) is 1. The smallest absolute Gasteiger partial charge is 0.243 e. The van der Waals surface area contributed by atoms with Gasteiger partial charge < -0.3 is 21.3 Å². The van der Waals surface area contributed by atoms with Gasteiger partial charge in [-0.3, -0.25) is 14.4 Å². The summed E-state index contributed by atoms with van der Waals surface area (Å²) < 4.78 is 14.2. The highest BCUT2D eigenvalue weighted by Crippen LogP contribution is 2.26. The lowest BCUT2D eigenvalue weighted by Crippen LogP contribution is -2.46. The minimum atomic E-state index is -0.692. The first kappa shape index (κ1) is 18.9. The van der Waals surface area contributed by atoms with Crippen LogP contribution < -0.4 is 21.3 Å². The van der Waals surface area contributed by atoms with Crippen molar-refractivity contribution in [3.8, 4) is 0 Å². The molecule has 0 spiro atoms. The third-order valence-corrected chi connectivity index (χ3v) is 4.04. The first-order chi connectivity index (χ1) is 11.8. The highest BCUT2D eigenvalue weighted by atomic mass is 19.1. The van der Waals surface area contributed by atoms with E-state index in [1.54, 1.807) is 13.8 Å². The van der Waals surface area contributed by atoms with Crippen LogP contribution in [0, 0.1) is 11.7 Å². The van der Waals surface area contributed by atoms with E-state index in [0.717, 1.165) is 6.07 Å². The van der Waals surface area contributed by atoms with Crippen molar-refractivity contribution in [1.29, 1.82) is 0 Å². The molecule has 7 nitrogen and oxygen atoms in total. The van der Waals surface area contributed by atoms with E-state index in [4.69, 9.17) is 5.73 Å². The largest absolute Gasteiger partial charge is 0.346 e. The molecule has 1 heterocycles. The SMILES string of the molecule is CC(C)[C@H](N)C(=O)NCC(=O)Nc1ccc(N2CCCC2=O)c(F)c1. The van der Waals surface area contributed by atoms with Gasteiger partial charge in [0.05, 0.1) is 18.3 Å². The predicted molar refractivity (Wildman–Crippen MR) is 92.4 cm³/mol. The number of halogens is 1. The van der Waals surface area contributed by atoms with Gasteiger partial charge in [-0.15, -0.1) is 0 Å². The Morgan fingerprint density at radius 1 is 1.36 bits per heavy atom. The number of carbonyl (C=O) groups is 3. The predicted octanol–water partition coefficient (Wildman–Crippen LogP) is 0.990. The molecule has 136 valence electrons. The highest BCUT2D eigenvalue weighted by Gasteiger charge is 2.24. The van der Waals surface area contributed by atoms with Crippen LogP contribution >= 0.6 is 0 Å². The summed E-state index contributed by atoms with van der Waals surface area (Å²) in [5.74, 6) is -1.65. The van der Waals surface area contributed by atoms with Crippen LogP contribution in [0.1, 0.15) is 26.7 Å². The van der Waals surface area contributed by atoms with Crippen molar-refractivity contribution in [1.82, 2.24) is 5.32 Å². The van der Waals surface area contributed by atoms with Crippen molar-refractivity contribution in [3.63, 3.8) is 0 Å². The Kier molecular flexibility index (Phi) is 6.08. The average Bonchev–Trinajstić information content (AvgIpc) is 2.97. The number of anilines is 2. The Balaban J connectivity index is 1.92. The monoisotopic (exact) mass is 350 g/mol. The van der Waals surface area contributed by atoms with Gasteiger partial charge >= 0.3 is 0 Å². The van der Waals surface area contributed by atoms with Crippen molar-refractivity contribution in [2.45, 2.75) is 32.7 Å². The molecule has 25 heavy (non-hydrogen) atoms.